The number of hydrogen-bond acceptors (Lipinski definition) is 3. The van der Waals surface area contributed by atoms with Gasteiger partial charge in [0.1, 0.15) is 0 Å². The third kappa shape index (κ3) is 2.90. The molecule has 6 heteroatoms. The molecule has 3 rings (SSSR count). The van der Waals surface area contributed by atoms with Crippen molar-refractivity contribution in [2.75, 3.05) is 5.32 Å². The van der Waals surface area contributed by atoms with Crippen LogP contribution in [0.4, 0.5) is 5.69 Å². The highest BCUT2D eigenvalue weighted by atomic mass is 16.2. The van der Waals surface area contributed by atoms with E-state index in [1.165, 1.54) is 4.57 Å². The van der Waals surface area contributed by atoms with Crippen LogP contribution in [0.1, 0.15) is 19.3 Å². The Morgan fingerprint density at radius 2 is 2.05 bits per heavy atom. The van der Waals surface area contributed by atoms with E-state index in [1.54, 1.807) is 36.7 Å². The molecule has 4 N–H and O–H groups in total. The average Bonchev–Trinajstić information content (AvgIpc) is 3.08. The van der Waals surface area contributed by atoms with Crippen molar-refractivity contribution < 1.29 is 4.79 Å². The van der Waals surface area contributed by atoms with Gasteiger partial charge in [0.15, 0.2) is 0 Å². The lowest BCUT2D eigenvalue weighted by Gasteiger charge is -2.11. The fourth-order valence-electron chi connectivity index (χ4n) is 2.73. The van der Waals surface area contributed by atoms with Gasteiger partial charge in [-0.05, 0) is 43.5 Å². The number of aromatic amines is 1. The van der Waals surface area contributed by atoms with Crippen LogP contribution in [0.3, 0.4) is 0 Å². The summed E-state index contributed by atoms with van der Waals surface area (Å²) in [6, 6.07) is 7.32. The first-order valence-corrected chi connectivity index (χ1v) is 7.06. The molecule has 1 aliphatic carbocycles. The van der Waals surface area contributed by atoms with E-state index in [0.29, 0.717) is 0 Å². The first-order valence-electron chi connectivity index (χ1n) is 7.06. The molecule has 2 atom stereocenters. The minimum Gasteiger partial charge on any atom is -0.328 e. The van der Waals surface area contributed by atoms with Gasteiger partial charge in [0, 0.05) is 30.0 Å². The molecule has 21 heavy (non-hydrogen) atoms. The van der Waals surface area contributed by atoms with Gasteiger partial charge in [0.05, 0.1) is 5.69 Å². The van der Waals surface area contributed by atoms with Crippen molar-refractivity contribution in [1.82, 2.24) is 9.55 Å². The standard InChI is InChI=1S/C15H18N4O2/c16-11-2-1-10(9-11)14(20)18-12-3-5-13(6-4-12)19-8-7-17-15(19)21/h3-8,10-11H,1-2,9,16H2,(H,17,21)(H,18,20). The predicted octanol–water partition coefficient (Wildman–Crippen LogP) is 1.23. The first-order chi connectivity index (χ1) is 10.1. The molecular formula is C15H18N4O2. The Morgan fingerprint density at radius 1 is 1.29 bits per heavy atom. The van der Waals surface area contributed by atoms with Gasteiger partial charge in [-0.15, -0.1) is 0 Å². The number of H-pyrrole nitrogens is 1. The summed E-state index contributed by atoms with van der Waals surface area (Å²) in [5, 5.41) is 2.90. The van der Waals surface area contributed by atoms with Gasteiger partial charge in [-0.2, -0.15) is 0 Å². The minimum atomic E-state index is -0.188. The zero-order valence-electron chi connectivity index (χ0n) is 11.6. The number of anilines is 1. The largest absolute Gasteiger partial charge is 0.330 e. The molecule has 0 radical (unpaired) electrons. The van der Waals surface area contributed by atoms with Crippen molar-refractivity contribution in [1.29, 1.82) is 0 Å². The lowest BCUT2D eigenvalue weighted by atomic mass is 10.1. The number of nitrogens with zero attached hydrogens (tertiary/aromatic N) is 1. The number of rotatable bonds is 3. The molecule has 1 saturated carbocycles. The van der Waals surface area contributed by atoms with Crippen LogP contribution in [0.2, 0.25) is 0 Å². The van der Waals surface area contributed by atoms with Crippen molar-refractivity contribution in [2.24, 2.45) is 11.7 Å². The average molecular weight is 286 g/mol. The van der Waals surface area contributed by atoms with Gasteiger partial charge in [0.2, 0.25) is 5.91 Å². The Bertz CT molecular complexity index is 686. The molecule has 1 aromatic carbocycles. The number of amides is 1. The quantitative estimate of drug-likeness (QED) is 0.792. The Labute approximate surface area is 122 Å². The highest BCUT2D eigenvalue weighted by molar-refractivity contribution is 5.92. The highest BCUT2D eigenvalue weighted by Gasteiger charge is 2.27. The summed E-state index contributed by atoms with van der Waals surface area (Å²) >= 11 is 0. The summed E-state index contributed by atoms with van der Waals surface area (Å²) in [5.74, 6) is 0.0291. The summed E-state index contributed by atoms with van der Waals surface area (Å²) in [6.07, 6.45) is 5.76. The van der Waals surface area contributed by atoms with E-state index < -0.39 is 0 Å². The molecule has 1 aromatic heterocycles. The fraction of sp³-hybridized carbons (Fsp3) is 0.333. The van der Waals surface area contributed by atoms with Crippen molar-refractivity contribution in [3.8, 4) is 5.69 Å². The van der Waals surface area contributed by atoms with Gasteiger partial charge < -0.3 is 16.0 Å². The summed E-state index contributed by atoms with van der Waals surface area (Å²) in [7, 11) is 0. The van der Waals surface area contributed by atoms with Crippen molar-refractivity contribution in [3.63, 3.8) is 0 Å². The van der Waals surface area contributed by atoms with E-state index in [1.807, 2.05) is 0 Å². The maximum atomic E-state index is 12.1. The van der Waals surface area contributed by atoms with E-state index in [2.05, 4.69) is 10.3 Å². The third-order valence-electron chi connectivity index (χ3n) is 3.91. The second-order valence-electron chi connectivity index (χ2n) is 5.44. The van der Waals surface area contributed by atoms with Gasteiger partial charge in [-0.1, -0.05) is 0 Å². The van der Waals surface area contributed by atoms with Crippen LogP contribution >= 0.6 is 0 Å². The van der Waals surface area contributed by atoms with Crippen molar-refractivity contribution >= 4 is 11.6 Å². The fourth-order valence-corrected chi connectivity index (χ4v) is 2.73. The molecule has 0 aliphatic heterocycles. The second kappa shape index (κ2) is 5.57. The summed E-state index contributed by atoms with van der Waals surface area (Å²) in [4.78, 5) is 26.2. The first kappa shape index (κ1) is 13.6. The lowest BCUT2D eigenvalue weighted by molar-refractivity contribution is -0.119. The molecule has 0 spiro atoms. The maximum Gasteiger partial charge on any atom is 0.330 e. The van der Waals surface area contributed by atoms with Crippen LogP contribution in [-0.4, -0.2) is 21.5 Å². The Kier molecular flexibility index (Phi) is 3.62. The van der Waals surface area contributed by atoms with Gasteiger partial charge in [-0.3, -0.25) is 9.36 Å². The number of benzene rings is 1. The topological polar surface area (TPSA) is 92.9 Å². The Balaban J connectivity index is 1.69. The molecule has 6 nitrogen and oxygen atoms in total. The number of aromatic nitrogens is 2. The zero-order valence-corrected chi connectivity index (χ0v) is 11.6. The SMILES string of the molecule is NC1CCC(C(=O)Nc2ccc(-n3cc[nH]c3=O)cc2)C1. The maximum absolute atomic E-state index is 12.1. The molecule has 110 valence electrons. The third-order valence-corrected chi connectivity index (χ3v) is 3.91. The predicted molar refractivity (Wildman–Crippen MR) is 80.3 cm³/mol. The van der Waals surface area contributed by atoms with Crippen LogP contribution in [0.15, 0.2) is 41.5 Å². The molecule has 0 saturated heterocycles. The van der Waals surface area contributed by atoms with E-state index >= 15 is 0 Å². The van der Waals surface area contributed by atoms with Gasteiger partial charge in [0.25, 0.3) is 0 Å². The number of imidazole rings is 1. The van der Waals surface area contributed by atoms with Crippen LogP contribution in [0.5, 0.6) is 0 Å². The van der Waals surface area contributed by atoms with E-state index in [0.717, 1.165) is 30.6 Å². The highest BCUT2D eigenvalue weighted by Crippen LogP contribution is 2.25. The molecule has 1 heterocycles. The zero-order chi connectivity index (χ0) is 14.8. The molecular weight excluding hydrogens is 268 g/mol. The number of hydrogen-bond donors (Lipinski definition) is 3. The normalized spacial score (nSPS) is 21.4. The molecule has 1 fully saturated rings. The van der Waals surface area contributed by atoms with Crippen LogP contribution in [-0.2, 0) is 4.79 Å². The minimum absolute atomic E-state index is 0.00645. The second-order valence-corrected chi connectivity index (χ2v) is 5.44. The van der Waals surface area contributed by atoms with E-state index in [9.17, 15) is 9.59 Å². The summed E-state index contributed by atoms with van der Waals surface area (Å²) in [5.41, 5.74) is 7.12. The van der Waals surface area contributed by atoms with E-state index in [4.69, 9.17) is 5.73 Å². The molecule has 0 bridgehead atoms. The molecule has 2 unspecified atom stereocenters. The van der Waals surface area contributed by atoms with Gasteiger partial charge in [-0.25, -0.2) is 4.79 Å². The summed E-state index contributed by atoms with van der Waals surface area (Å²) in [6.45, 7) is 0. The van der Waals surface area contributed by atoms with Crippen LogP contribution < -0.4 is 16.7 Å². The summed E-state index contributed by atoms with van der Waals surface area (Å²) < 4.78 is 1.50. The Hall–Kier alpha value is -2.34. The van der Waals surface area contributed by atoms with Crippen molar-refractivity contribution in [3.05, 3.63) is 47.1 Å². The molecule has 2 aromatic rings. The number of nitrogens with one attached hydrogen (secondary N) is 2. The Morgan fingerprint density at radius 3 is 2.62 bits per heavy atom. The van der Waals surface area contributed by atoms with Crippen LogP contribution in [0, 0.1) is 5.92 Å². The van der Waals surface area contributed by atoms with Crippen LogP contribution in [0.25, 0.3) is 5.69 Å². The van der Waals surface area contributed by atoms with Crippen molar-refractivity contribution in [2.45, 2.75) is 25.3 Å². The number of carbonyl (C=O) groups excluding carboxylic acids is 1. The molecule has 1 amide bonds. The van der Waals surface area contributed by atoms with E-state index in [-0.39, 0.29) is 23.6 Å². The number of nitrogens with two attached hydrogens (primary N) is 1. The lowest BCUT2D eigenvalue weighted by Crippen LogP contribution is -2.23. The molecule has 1 aliphatic rings. The smallest absolute Gasteiger partial charge is 0.328 e. The van der Waals surface area contributed by atoms with Gasteiger partial charge >= 0.3 is 5.69 Å². The monoisotopic (exact) mass is 286 g/mol. The number of carbonyl (C=O) groups is 1.